The van der Waals surface area contributed by atoms with Gasteiger partial charge < -0.3 is 10.2 Å². The minimum absolute atomic E-state index is 0.843. The first-order valence-corrected chi connectivity index (χ1v) is 8.58. The van der Waals surface area contributed by atoms with Gasteiger partial charge in [-0.05, 0) is 36.9 Å². The van der Waals surface area contributed by atoms with E-state index in [4.69, 9.17) is 0 Å². The highest BCUT2D eigenvalue weighted by Gasteiger charge is 2.27. The molecule has 1 N–H and O–H groups in total. The van der Waals surface area contributed by atoms with Crippen LogP contribution in [0.15, 0.2) is 29.3 Å². The highest BCUT2D eigenvalue weighted by molar-refractivity contribution is 5.80. The lowest BCUT2D eigenvalue weighted by Crippen LogP contribution is -2.46. The van der Waals surface area contributed by atoms with Crippen molar-refractivity contribution >= 4 is 5.96 Å². The molecule has 120 valence electrons. The first kappa shape index (κ1) is 15.3. The van der Waals surface area contributed by atoms with Gasteiger partial charge in [-0.1, -0.05) is 31.2 Å². The average Bonchev–Trinajstić information content (AvgIpc) is 3.40. The van der Waals surface area contributed by atoms with E-state index in [0.29, 0.717) is 0 Å². The highest BCUT2D eigenvalue weighted by Crippen LogP contribution is 2.25. The van der Waals surface area contributed by atoms with Gasteiger partial charge in [0.25, 0.3) is 0 Å². The summed E-state index contributed by atoms with van der Waals surface area (Å²) in [5, 5.41) is 3.55. The molecule has 4 heteroatoms. The first-order chi connectivity index (χ1) is 10.8. The number of nitrogens with one attached hydrogen (secondary N) is 1. The quantitative estimate of drug-likeness (QED) is 0.667. The van der Waals surface area contributed by atoms with Crippen LogP contribution in [-0.2, 0) is 13.0 Å². The van der Waals surface area contributed by atoms with Crippen LogP contribution in [0.3, 0.4) is 0 Å². The second kappa shape index (κ2) is 7.14. The molecule has 0 aromatic heterocycles. The van der Waals surface area contributed by atoms with Gasteiger partial charge in [0.2, 0.25) is 0 Å². The minimum atomic E-state index is 0.843. The zero-order chi connectivity index (χ0) is 15.4. The molecular weight excluding hydrogens is 272 g/mol. The molecule has 0 radical (unpaired) electrons. The Morgan fingerprint density at radius 2 is 2.09 bits per heavy atom. The van der Waals surface area contributed by atoms with Gasteiger partial charge in [0.15, 0.2) is 5.96 Å². The molecule has 1 aliphatic carbocycles. The third-order valence-electron chi connectivity index (χ3n) is 4.79. The first-order valence-electron chi connectivity index (χ1n) is 8.58. The zero-order valence-corrected chi connectivity index (χ0v) is 13.9. The molecular formula is C18H28N4. The summed E-state index contributed by atoms with van der Waals surface area (Å²) >= 11 is 0. The summed E-state index contributed by atoms with van der Waals surface area (Å²) in [6.07, 6.45) is 3.87. The maximum absolute atomic E-state index is 4.48. The highest BCUT2D eigenvalue weighted by atomic mass is 15.3. The van der Waals surface area contributed by atoms with Gasteiger partial charge in [0, 0.05) is 39.3 Å². The SMILES string of the molecule is CCN(CCNC(=NC)N1CCc2ccccc2C1)C1CC1. The molecule has 3 rings (SSSR count). The number of aliphatic imine (C=N–C) groups is 1. The Morgan fingerprint density at radius 3 is 2.77 bits per heavy atom. The Balaban J connectivity index is 1.52. The van der Waals surface area contributed by atoms with Crippen molar-refractivity contribution in [2.75, 3.05) is 33.2 Å². The molecule has 1 aromatic carbocycles. The van der Waals surface area contributed by atoms with E-state index < -0.39 is 0 Å². The van der Waals surface area contributed by atoms with Crippen LogP contribution in [0.2, 0.25) is 0 Å². The van der Waals surface area contributed by atoms with Crippen molar-refractivity contribution in [2.45, 2.75) is 38.8 Å². The number of rotatable bonds is 5. The van der Waals surface area contributed by atoms with E-state index in [2.05, 4.69) is 51.3 Å². The van der Waals surface area contributed by atoms with E-state index in [1.54, 1.807) is 0 Å². The molecule has 4 nitrogen and oxygen atoms in total. The van der Waals surface area contributed by atoms with Gasteiger partial charge in [0.1, 0.15) is 0 Å². The molecule has 0 amide bonds. The van der Waals surface area contributed by atoms with Crippen LogP contribution >= 0.6 is 0 Å². The number of hydrogen-bond acceptors (Lipinski definition) is 2. The van der Waals surface area contributed by atoms with Gasteiger partial charge in [-0.15, -0.1) is 0 Å². The lowest BCUT2D eigenvalue weighted by molar-refractivity contribution is 0.279. The number of benzene rings is 1. The maximum Gasteiger partial charge on any atom is 0.194 e. The van der Waals surface area contributed by atoms with E-state index >= 15 is 0 Å². The predicted molar refractivity (Wildman–Crippen MR) is 92.2 cm³/mol. The van der Waals surface area contributed by atoms with Crippen molar-refractivity contribution in [2.24, 2.45) is 4.99 Å². The topological polar surface area (TPSA) is 30.9 Å². The van der Waals surface area contributed by atoms with Gasteiger partial charge in [-0.25, -0.2) is 0 Å². The summed E-state index contributed by atoms with van der Waals surface area (Å²) in [6.45, 7) is 7.53. The molecule has 1 fully saturated rings. The summed E-state index contributed by atoms with van der Waals surface area (Å²) in [5.41, 5.74) is 2.92. The Bertz CT molecular complexity index is 522. The van der Waals surface area contributed by atoms with Crippen molar-refractivity contribution in [3.8, 4) is 0 Å². The maximum atomic E-state index is 4.48. The summed E-state index contributed by atoms with van der Waals surface area (Å²) in [4.78, 5) is 9.43. The van der Waals surface area contributed by atoms with Gasteiger partial charge in [0.05, 0.1) is 0 Å². The van der Waals surface area contributed by atoms with Crippen LogP contribution in [0.5, 0.6) is 0 Å². The van der Waals surface area contributed by atoms with Crippen LogP contribution in [0.1, 0.15) is 30.9 Å². The monoisotopic (exact) mass is 300 g/mol. The van der Waals surface area contributed by atoms with Crippen LogP contribution < -0.4 is 5.32 Å². The van der Waals surface area contributed by atoms with Crippen molar-refractivity contribution in [3.05, 3.63) is 35.4 Å². The van der Waals surface area contributed by atoms with Crippen LogP contribution in [0.25, 0.3) is 0 Å². The third-order valence-corrected chi connectivity index (χ3v) is 4.79. The Hall–Kier alpha value is -1.55. The summed E-state index contributed by atoms with van der Waals surface area (Å²) in [5.74, 6) is 1.04. The summed E-state index contributed by atoms with van der Waals surface area (Å²) < 4.78 is 0. The molecule has 2 aliphatic rings. The normalized spacial score (nSPS) is 18.5. The van der Waals surface area contributed by atoms with Gasteiger partial charge in [-0.2, -0.15) is 0 Å². The molecule has 0 saturated heterocycles. The lowest BCUT2D eigenvalue weighted by atomic mass is 10.0. The molecule has 1 aromatic rings. The van der Waals surface area contributed by atoms with Crippen LogP contribution in [0, 0.1) is 0 Å². The second-order valence-corrected chi connectivity index (χ2v) is 6.27. The van der Waals surface area contributed by atoms with E-state index in [-0.39, 0.29) is 0 Å². The molecule has 0 atom stereocenters. The lowest BCUT2D eigenvalue weighted by Gasteiger charge is -2.32. The molecule has 1 saturated carbocycles. The predicted octanol–water partition coefficient (Wildman–Crippen LogP) is 2.10. The molecule has 0 bridgehead atoms. The Labute approximate surface area is 134 Å². The largest absolute Gasteiger partial charge is 0.355 e. The van der Waals surface area contributed by atoms with E-state index in [9.17, 15) is 0 Å². The number of fused-ring (bicyclic) bond motifs is 1. The van der Waals surface area contributed by atoms with E-state index in [0.717, 1.165) is 51.1 Å². The van der Waals surface area contributed by atoms with E-state index in [1.807, 2.05) is 7.05 Å². The van der Waals surface area contributed by atoms with Crippen molar-refractivity contribution in [1.29, 1.82) is 0 Å². The van der Waals surface area contributed by atoms with Gasteiger partial charge >= 0.3 is 0 Å². The van der Waals surface area contributed by atoms with Crippen molar-refractivity contribution < 1.29 is 0 Å². The molecule has 22 heavy (non-hydrogen) atoms. The Kier molecular flexibility index (Phi) is 4.98. The molecule has 1 aliphatic heterocycles. The molecule has 1 heterocycles. The Morgan fingerprint density at radius 1 is 1.32 bits per heavy atom. The molecule has 0 spiro atoms. The van der Waals surface area contributed by atoms with Gasteiger partial charge in [-0.3, -0.25) is 9.89 Å². The van der Waals surface area contributed by atoms with Crippen LogP contribution in [-0.4, -0.2) is 55.0 Å². The molecule has 0 unspecified atom stereocenters. The number of likely N-dealkylation sites (N-methyl/N-ethyl adjacent to an activating group) is 1. The fraction of sp³-hybridized carbons (Fsp3) is 0.611. The smallest absolute Gasteiger partial charge is 0.194 e. The number of hydrogen-bond donors (Lipinski definition) is 1. The van der Waals surface area contributed by atoms with Crippen molar-refractivity contribution in [3.63, 3.8) is 0 Å². The fourth-order valence-electron chi connectivity index (χ4n) is 3.36. The average molecular weight is 300 g/mol. The van der Waals surface area contributed by atoms with E-state index in [1.165, 1.54) is 24.0 Å². The number of guanidine groups is 1. The standard InChI is InChI=1S/C18H28N4/c1-3-21(17-8-9-17)13-11-20-18(19-2)22-12-10-15-6-4-5-7-16(15)14-22/h4-7,17H,3,8-14H2,1-2H3,(H,19,20). The summed E-state index contributed by atoms with van der Waals surface area (Å²) in [7, 11) is 1.89. The fourth-order valence-corrected chi connectivity index (χ4v) is 3.36. The second-order valence-electron chi connectivity index (χ2n) is 6.27. The van der Waals surface area contributed by atoms with Crippen molar-refractivity contribution in [1.82, 2.24) is 15.1 Å². The third kappa shape index (κ3) is 3.61. The summed E-state index contributed by atoms with van der Waals surface area (Å²) in [6, 6.07) is 9.60. The van der Waals surface area contributed by atoms with Crippen LogP contribution in [0.4, 0.5) is 0 Å². The zero-order valence-electron chi connectivity index (χ0n) is 13.9. The number of nitrogens with zero attached hydrogens (tertiary/aromatic N) is 3. The minimum Gasteiger partial charge on any atom is -0.355 e.